The van der Waals surface area contributed by atoms with Gasteiger partial charge >= 0.3 is 0 Å². The number of thiophene rings is 1. The highest BCUT2D eigenvalue weighted by molar-refractivity contribution is 7.21. The van der Waals surface area contributed by atoms with Gasteiger partial charge in [0.2, 0.25) is 0 Å². The molecule has 2 aromatic heterocycles. The van der Waals surface area contributed by atoms with Crippen LogP contribution in [0.25, 0.3) is 32.2 Å². The van der Waals surface area contributed by atoms with E-state index in [1.54, 1.807) is 0 Å². The van der Waals surface area contributed by atoms with Crippen molar-refractivity contribution in [1.82, 2.24) is 15.2 Å². The molecule has 0 saturated carbocycles. The Morgan fingerprint density at radius 2 is 2.00 bits per heavy atom. The summed E-state index contributed by atoms with van der Waals surface area (Å²) < 4.78 is 1.09. The number of aldehydes is 1. The zero-order valence-corrected chi connectivity index (χ0v) is 20.8. The monoisotopic (exact) mass is 497 g/mol. The Hall–Kier alpha value is -3.49. The molecule has 2 N–H and O–H groups in total. The van der Waals surface area contributed by atoms with Gasteiger partial charge in [0.25, 0.3) is 5.91 Å². The maximum absolute atomic E-state index is 12.7. The van der Waals surface area contributed by atoms with Gasteiger partial charge in [0.1, 0.15) is 11.2 Å². The number of carbonyl (C=O) groups excluding carboxylic acids is 2. The van der Waals surface area contributed by atoms with E-state index in [-0.39, 0.29) is 11.9 Å². The zero-order chi connectivity index (χ0) is 24.4. The molecule has 182 valence electrons. The van der Waals surface area contributed by atoms with E-state index in [0.29, 0.717) is 25.2 Å². The Morgan fingerprint density at radius 1 is 1.14 bits per heavy atom. The second kappa shape index (κ2) is 8.28. The number of rotatable bonds is 4. The lowest BCUT2D eigenvalue weighted by Crippen LogP contribution is -2.69. The van der Waals surface area contributed by atoms with Crippen molar-refractivity contribution in [2.24, 2.45) is 0 Å². The second-order valence-corrected chi connectivity index (χ2v) is 11.2. The lowest BCUT2D eigenvalue weighted by Gasteiger charge is -2.56. The fourth-order valence-corrected chi connectivity index (χ4v) is 7.13. The molecule has 4 aliphatic heterocycles. The number of nitrogens with one attached hydrogen (secondary N) is 2. The van der Waals surface area contributed by atoms with E-state index in [2.05, 4.69) is 69.0 Å². The number of piperidine rings is 1. The topological polar surface area (TPSA) is 77.6 Å². The Labute approximate surface area is 213 Å². The Morgan fingerprint density at radius 3 is 2.83 bits per heavy atom. The molecule has 4 aliphatic rings. The van der Waals surface area contributed by atoms with Crippen LogP contribution in [0.1, 0.15) is 23.0 Å². The van der Waals surface area contributed by atoms with E-state index in [1.165, 1.54) is 23.4 Å². The molecule has 7 nitrogen and oxygen atoms in total. The molecule has 2 unspecified atom stereocenters. The highest BCUT2D eigenvalue weighted by Crippen LogP contribution is 2.41. The number of amides is 1. The summed E-state index contributed by atoms with van der Waals surface area (Å²) in [5.74, 6) is -0.0112. The first kappa shape index (κ1) is 21.8. The molecule has 3 atom stereocenters. The summed E-state index contributed by atoms with van der Waals surface area (Å²) in [5, 5.41) is 8.70. The molecular weight excluding hydrogens is 470 g/mol. The van der Waals surface area contributed by atoms with Crippen LogP contribution in [0.3, 0.4) is 0 Å². The number of aromatic nitrogens is 1. The third-order valence-electron chi connectivity index (χ3n) is 7.83. The highest BCUT2D eigenvalue weighted by atomic mass is 32.1. The van der Waals surface area contributed by atoms with Gasteiger partial charge in [-0.3, -0.25) is 9.69 Å². The van der Waals surface area contributed by atoms with Gasteiger partial charge in [-0.2, -0.15) is 0 Å². The zero-order valence-electron chi connectivity index (χ0n) is 20.0. The number of pyridine rings is 1. The number of nitrogens with zero attached hydrogens (tertiary/aromatic N) is 3. The van der Waals surface area contributed by atoms with Crippen molar-refractivity contribution in [3.63, 3.8) is 0 Å². The lowest BCUT2D eigenvalue weighted by atomic mass is 9.87. The van der Waals surface area contributed by atoms with Crippen LogP contribution >= 0.6 is 11.3 Å². The highest BCUT2D eigenvalue weighted by Gasteiger charge is 2.44. The first-order chi connectivity index (χ1) is 17.6. The van der Waals surface area contributed by atoms with Crippen LogP contribution in [0.2, 0.25) is 0 Å². The minimum Gasteiger partial charge on any atom is -0.381 e. The number of hydrogen-bond donors (Lipinski definition) is 2. The second-order valence-electron chi connectivity index (χ2n) is 10.1. The van der Waals surface area contributed by atoms with Gasteiger partial charge in [-0.05, 0) is 49.7 Å². The molecule has 2 bridgehead atoms. The lowest BCUT2D eigenvalue weighted by molar-refractivity contribution is -0.113. The molecule has 0 radical (unpaired) electrons. The summed E-state index contributed by atoms with van der Waals surface area (Å²) in [7, 11) is 0. The fraction of sp³-hybridized carbons (Fsp3) is 0.321. The van der Waals surface area contributed by atoms with Gasteiger partial charge in [-0.15, -0.1) is 11.3 Å². The largest absolute Gasteiger partial charge is 0.381 e. The molecule has 2 aromatic carbocycles. The molecule has 3 saturated heterocycles. The quantitative estimate of drug-likeness (QED) is 0.413. The minimum absolute atomic E-state index is 0.0112. The SMILES string of the molecule is C[C@@H]1CNc2c(sc3ccc4nc(-c5cccc(N6CC7CC(C6)N7CC=O)c5)ccc4c23)C(=O)N1. The number of fused-ring (bicyclic) bond motifs is 7. The van der Waals surface area contributed by atoms with E-state index >= 15 is 0 Å². The third-order valence-corrected chi connectivity index (χ3v) is 8.98. The van der Waals surface area contributed by atoms with Gasteiger partial charge in [0.05, 0.1) is 23.4 Å². The maximum atomic E-state index is 12.7. The molecular formula is C28H27N5O2S. The van der Waals surface area contributed by atoms with Gasteiger partial charge in [-0.25, -0.2) is 4.98 Å². The summed E-state index contributed by atoms with van der Waals surface area (Å²) in [5.41, 5.74) is 5.08. The summed E-state index contributed by atoms with van der Waals surface area (Å²) in [6, 6.07) is 18.0. The molecule has 0 spiro atoms. The van der Waals surface area contributed by atoms with Crippen LogP contribution in [0.4, 0.5) is 11.4 Å². The van der Waals surface area contributed by atoms with Crippen LogP contribution in [-0.4, -0.2) is 66.4 Å². The molecule has 4 aromatic rings. The predicted molar refractivity (Wildman–Crippen MR) is 145 cm³/mol. The summed E-state index contributed by atoms with van der Waals surface area (Å²) in [4.78, 5) is 34.2. The van der Waals surface area contributed by atoms with Crippen molar-refractivity contribution >= 4 is 55.9 Å². The summed E-state index contributed by atoms with van der Waals surface area (Å²) >= 11 is 1.53. The first-order valence-electron chi connectivity index (χ1n) is 12.5. The van der Waals surface area contributed by atoms with Crippen LogP contribution in [-0.2, 0) is 4.79 Å². The Bertz CT molecular complexity index is 1520. The van der Waals surface area contributed by atoms with Crippen molar-refractivity contribution < 1.29 is 9.59 Å². The molecule has 8 rings (SSSR count). The average molecular weight is 498 g/mol. The van der Waals surface area contributed by atoms with Crippen LogP contribution < -0.4 is 15.5 Å². The number of piperazine rings is 1. The number of anilines is 2. The predicted octanol–water partition coefficient (Wildman–Crippen LogP) is 4.12. The minimum atomic E-state index is -0.0112. The molecule has 1 amide bonds. The molecule has 8 heteroatoms. The summed E-state index contributed by atoms with van der Waals surface area (Å²) in [6.07, 6.45) is 2.21. The van der Waals surface area contributed by atoms with Gasteiger partial charge in [-0.1, -0.05) is 12.1 Å². The molecule has 6 heterocycles. The standard InChI is InChI=1S/C28H27N5O2S/c1-16-13-29-26-25-21-5-6-22(31-23(21)7-8-24(25)36-27(26)28(35)30-16)17-3-2-4-18(11-17)32-14-19-12-20(15-32)33(19)9-10-34/h2-8,10-11,16,19-20,29H,9,12-15H2,1H3,(H,30,35)/t16-,19?,20?/m1/s1. The van der Waals surface area contributed by atoms with E-state index in [9.17, 15) is 9.59 Å². The van der Waals surface area contributed by atoms with E-state index in [4.69, 9.17) is 4.98 Å². The normalized spacial score (nSPS) is 23.5. The fourth-order valence-electron chi connectivity index (χ4n) is 6.03. The van der Waals surface area contributed by atoms with Gasteiger partial charge < -0.3 is 20.3 Å². The van der Waals surface area contributed by atoms with E-state index in [0.717, 1.165) is 62.2 Å². The smallest absolute Gasteiger partial charge is 0.263 e. The van der Waals surface area contributed by atoms with Crippen molar-refractivity contribution in [3.05, 3.63) is 53.4 Å². The van der Waals surface area contributed by atoms with E-state index in [1.807, 2.05) is 6.92 Å². The molecule has 0 aliphatic carbocycles. The van der Waals surface area contributed by atoms with Crippen molar-refractivity contribution in [1.29, 1.82) is 0 Å². The van der Waals surface area contributed by atoms with E-state index < -0.39 is 0 Å². The molecule has 36 heavy (non-hydrogen) atoms. The Kier molecular flexibility index (Phi) is 5.01. The van der Waals surface area contributed by atoms with Crippen LogP contribution in [0.5, 0.6) is 0 Å². The Balaban J connectivity index is 1.23. The number of hydrogen-bond acceptors (Lipinski definition) is 7. The van der Waals surface area contributed by atoms with Crippen molar-refractivity contribution in [2.75, 3.05) is 36.4 Å². The van der Waals surface area contributed by atoms with Gasteiger partial charge in [0.15, 0.2) is 0 Å². The van der Waals surface area contributed by atoms with Gasteiger partial charge in [0, 0.05) is 64.5 Å². The maximum Gasteiger partial charge on any atom is 0.263 e. The average Bonchev–Trinajstić information content (AvgIpc) is 3.23. The van der Waals surface area contributed by atoms with Crippen molar-refractivity contribution in [2.45, 2.75) is 31.5 Å². The first-order valence-corrected chi connectivity index (χ1v) is 13.4. The number of carbonyl (C=O) groups is 2. The third kappa shape index (κ3) is 3.39. The summed E-state index contributed by atoms with van der Waals surface area (Å²) in [6.45, 7) is 5.17. The van der Waals surface area contributed by atoms with Crippen molar-refractivity contribution in [3.8, 4) is 11.3 Å². The molecule has 3 fully saturated rings. The van der Waals surface area contributed by atoms with Crippen LogP contribution in [0.15, 0.2) is 48.5 Å². The van der Waals surface area contributed by atoms with Crippen LogP contribution in [0, 0.1) is 0 Å². The number of benzene rings is 2.